The minimum absolute atomic E-state index is 0.206. The van der Waals surface area contributed by atoms with Crippen LogP contribution < -0.4 is 0 Å². The Morgan fingerprint density at radius 2 is 1.81 bits per heavy atom. The smallest absolute Gasteiger partial charge is 0.297 e. The molecule has 4 aromatic rings. The highest BCUT2D eigenvalue weighted by Gasteiger charge is 2.21. The summed E-state index contributed by atoms with van der Waals surface area (Å²) in [6.45, 7) is 1.88. The highest BCUT2D eigenvalue weighted by molar-refractivity contribution is 9.08. The fraction of sp³-hybridized carbons (Fsp3) is 0.105. The third kappa shape index (κ3) is 2.94. The molecule has 0 spiro atoms. The van der Waals surface area contributed by atoms with Crippen LogP contribution in [0.2, 0.25) is 0 Å². The van der Waals surface area contributed by atoms with Crippen LogP contribution in [0.1, 0.15) is 11.1 Å². The Labute approximate surface area is 157 Å². The normalized spacial score (nSPS) is 11.0. The first kappa shape index (κ1) is 16.7. The molecule has 0 aliphatic heterocycles. The van der Waals surface area contributed by atoms with Gasteiger partial charge in [0.15, 0.2) is 0 Å². The molecule has 0 aliphatic carbocycles. The monoisotopic (exact) mass is 413 g/mol. The van der Waals surface area contributed by atoms with Crippen LogP contribution in [0.4, 0.5) is 4.39 Å². The standard InChI is InChI=1S/C19H13BrFN3O2/c1-11-16(12-5-3-2-4-6-12)23-25-17(11)19-22-18(24-26-19)13-7-8-14(10-20)15(21)9-13/h2-9H,10H2,1H3. The molecule has 0 unspecified atom stereocenters. The molecule has 2 aromatic carbocycles. The van der Waals surface area contributed by atoms with E-state index in [2.05, 4.69) is 31.2 Å². The Morgan fingerprint density at radius 3 is 2.54 bits per heavy atom. The molecule has 7 heteroatoms. The second kappa shape index (κ2) is 6.84. The van der Waals surface area contributed by atoms with Crippen LogP contribution in [0.25, 0.3) is 34.3 Å². The molecular formula is C19H13BrFN3O2. The number of hydrogen-bond acceptors (Lipinski definition) is 5. The second-order valence-corrected chi connectivity index (χ2v) is 6.28. The van der Waals surface area contributed by atoms with Crippen molar-refractivity contribution in [3.05, 3.63) is 65.5 Å². The number of nitrogens with zero attached hydrogens (tertiary/aromatic N) is 3. The first-order valence-corrected chi connectivity index (χ1v) is 9.00. The zero-order valence-corrected chi connectivity index (χ0v) is 15.3. The molecule has 0 amide bonds. The summed E-state index contributed by atoms with van der Waals surface area (Å²) in [6.07, 6.45) is 0. The van der Waals surface area contributed by atoms with Gasteiger partial charge in [-0.25, -0.2) is 4.39 Å². The van der Waals surface area contributed by atoms with E-state index in [1.54, 1.807) is 12.1 Å². The minimum Gasteiger partial charge on any atom is -0.350 e. The molecule has 0 bridgehead atoms. The summed E-state index contributed by atoms with van der Waals surface area (Å²) >= 11 is 3.24. The van der Waals surface area contributed by atoms with E-state index in [9.17, 15) is 4.39 Å². The quantitative estimate of drug-likeness (QED) is 0.419. The maximum atomic E-state index is 14.0. The molecule has 0 radical (unpaired) electrons. The average Bonchev–Trinajstić information content (AvgIpc) is 3.29. The van der Waals surface area contributed by atoms with Crippen LogP contribution in [0, 0.1) is 12.7 Å². The Bertz CT molecular complexity index is 1060. The van der Waals surface area contributed by atoms with Gasteiger partial charge in [-0.15, -0.1) is 0 Å². The summed E-state index contributed by atoms with van der Waals surface area (Å²) in [7, 11) is 0. The van der Waals surface area contributed by atoms with Gasteiger partial charge in [0, 0.05) is 22.0 Å². The van der Waals surface area contributed by atoms with E-state index < -0.39 is 0 Å². The van der Waals surface area contributed by atoms with Gasteiger partial charge in [0.25, 0.3) is 5.89 Å². The molecule has 26 heavy (non-hydrogen) atoms. The van der Waals surface area contributed by atoms with Gasteiger partial charge in [-0.3, -0.25) is 0 Å². The van der Waals surface area contributed by atoms with Crippen LogP contribution in [0.5, 0.6) is 0 Å². The Balaban J connectivity index is 1.69. The predicted molar refractivity (Wildman–Crippen MR) is 98.0 cm³/mol. The molecule has 4 rings (SSSR count). The highest BCUT2D eigenvalue weighted by atomic mass is 79.9. The van der Waals surface area contributed by atoms with Crippen molar-refractivity contribution in [2.75, 3.05) is 0 Å². The van der Waals surface area contributed by atoms with Crippen LogP contribution >= 0.6 is 15.9 Å². The molecule has 2 heterocycles. The lowest BCUT2D eigenvalue weighted by molar-refractivity contribution is 0.386. The van der Waals surface area contributed by atoms with Crippen LogP contribution in [0.15, 0.2) is 57.6 Å². The van der Waals surface area contributed by atoms with Gasteiger partial charge < -0.3 is 9.05 Å². The third-order valence-corrected chi connectivity index (χ3v) is 4.65. The van der Waals surface area contributed by atoms with Gasteiger partial charge >= 0.3 is 0 Å². The van der Waals surface area contributed by atoms with E-state index in [4.69, 9.17) is 9.05 Å². The van der Waals surface area contributed by atoms with Crippen molar-refractivity contribution in [3.63, 3.8) is 0 Å². The summed E-state index contributed by atoms with van der Waals surface area (Å²) in [4.78, 5) is 4.33. The van der Waals surface area contributed by atoms with Crippen molar-refractivity contribution < 1.29 is 13.4 Å². The number of halogens is 2. The van der Waals surface area contributed by atoms with Crippen LogP contribution in [0.3, 0.4) is 0 Å². The number of hydrogen-bond donors (Lipinski definition) is 0. The first-order chi connectivity index (χ1) is 12.7. The van der Waals surface area contributed by atoms with Gasteiger partial charge in [0.05, 0.1) is 0 Å². The van der Waals surface area contributed by atoms with Crippen molar-refractivity contribution in [3.8, 4) is 34.3 Å². The number of benzene rings is 2. The highest BCUT2D eigenvalue weighted by Crippen LogP contribution is 2.31. The predicted octanol–water partition coefficient (Wildman–Crippen LogP) is 5.40. The number of rotatable bonds is 4. The van der Waals surface area contributed by atoms with Gasteiger partial charge in [-0.05, 0) is 18.6 Å². The average molecular weight is 414 g/mol. The zero-order chi connectivity index (χ0) is 18.1. The van der Waals surface area contributed by atoms with Gasteiger partial charge in [0.1, 0.15) is 11.5 Å². The van der Waals surface area contributed by atoms with Gasteiger partial charge in [0.2, 0.25) is 11.6 Å². The fourth-order valence-corrected chi connectivity index (χ4v) is 3.08. The Kier molecular flexibility index (Phi) is 4.38. The molecule has 0 saturated carbocycles. The van der Waals surface area contributed by atoms with Gasteiger partial charge in [-0.2, -0.15) is 4.98 Å². The zero-order valence-electron chi connectivity index (χ0n) is 13.7. The van der Waals surface area contributed by atoms with Gasteiger partial charge in [-0.1, -0.05) is 68.7 Å². The van der Waals surface area contributed by atoms with Crippen molar-refractivity contribution in [1.29, 1.82) is 0 Å². The molecule has 130 valence electrons. The molecule has 5 nitrogen and oxygen atoms in total. The van der Waals surface area contributed by atoms with Crippen molar-refractivity contribution >= 4 is 15.9 Å². The summed E-state index contributed by atoms with van der Waals surface area (Å²) in [5, 5.41) is 8.48. The molecule has 0 fully saturated rings. The van der Waals surface area contributed by atoms with E-state index in [1.807, 2.05) is 37.3 Å². The van der Waals surface area contributed by atoms with E-state index in [1.165, 1.54) is 6.07 Å². The lowest BCUT2D eigenvalue weighted by atomic mass is 10.1. The first-order valence-electron chi connectivity index (χ1n) is 7.88. The second-order valence-electron chi connectivity index (χ2n) is 5.71. The fourth-order valence-electron chi connectivity index (χ4n) is 2.63. The number of aromatic nitrogens is 3. The number of alkyl halides is 1. The van der Waals surface area contributed by atoms with Crippen LogP contribution in [-0.2, 0) is 5.33 Å². The van der Waals surface area contributed by atoms with E-state index in [0.717, 1.165) is 11.1 Å². The molecule has 0 saturated heterocycles. The Hall–Kier alpha value is -2.80. The SMILES string of the molecule is Cc1c(-c2ccccc2)noc1-c1nc(-c2ccc(CBr)c(F)c2)no1. The lowest BCUT2D eigenvalue weighted by Gasteiger charge is -1.99. The third-order valence-electron chi connectivity index (χ3n) is 4.05. The maximum Gasteiger partial charge on any atom is 0.297 e. The van der Waals surface area contributed by atoms with E-state index >= 15 is 0 Å². The molecule has 0 atom stereocenters. The summed E-state index contributed by atoms with van der Waals surface area (Å²) in [5.74, 6) is 0.572. The van der Waals surface area contributed by atoms with Crippen molar-refractivity contribution in [1.82, 2.24) is 15.3 Å². The summed E-state index contributed by atoms with van der Waals surface area (Å²) in [6, 6.07) is 14.5. The molecule has 0 aliphatic rings. The summed E-state index contributed by atoms with van der Waals surface area (Å²) < 4.78 is 24.7. The maximum absolute atomic E-state index is 14.0. The molecular weight excluding hydrogens is 401 g/mol. The molecule has 0 N–H and O–H groups in total. The van der Waals surface area contributed by atoms with Crippen molar-refractivity contribution in [2.24, 2.45) is 0 Å². The minimum atomic E-state index is -0.326. The topological polar surface area (TPSA) is 65.0 Å². The Morgan fingerprint density at radius 1 is 1.00 bits per heavy atom. The van der Waals surface area contributed by atoms with E-state index in [-0.39, 0.29) is 17.5 Å². The molecule has 2 aromatic heterocycles. The van der Waals surface area contributed by atoms with E-state index in [0.29, 0.717) is 27.9 Å². The lowest BCUT2D eigenvalue weighted by Crippen LogP contribution is -1.88. The summed E-state index contributed by atoms with van der Waals surface area (Å²) in [5.41, 5.74) is 3.55. The van der Waals surface area contributed by atoms with Crippen molar-refractivity contribution in [2.45, 2.75) is 12.3 Å². The van der Waals surface area contributed by atoms with Crippen LogP contribution in [-0.4, -0.2) is 15.3 Å². The largest absolute Gasteiger partial charge is 0.350 e.